The maximum atomic E-state index is 2.43. The van der Waals surface area contributed by atoms with Crippen LogP contribution in [0.5, 0.6) is 0 Å². The highest BCUT2D eigenvalue weighted by Crippen LogP contribution is 2.40. The summed E-state index contributed by atoms with van der Waals surface area (Å²) in [6.07, 6.45) is 4.61. The molecule has 1 aliphatic carbocycles. The molecule has 1 heteroatoms. The van der Waals surface area contributed by atoms with Gasteiger partial charge in [0.1, 0.15) is 0 Å². The van der Waals surface area contributed by atoms with Gasteiger partial charge in [0.25, 0.3) is 0 Å². The van der Waals surface area contributed by atoms with Gasteiger partial charge in [-0.2, -0.15) is 0 Å². The Morgan fingerprint density at radius 1 is 0.633 bits per heavy atom. The highest BCUT2D eigenvalue weighted by molar-refractivity contribution is 5.82. The predicted octanol–water partition coefficient (Wildman–Crippen LogP) is 7.97. The second kappa shape index (κ2) is 8.36. The fourth-order valence-corrected chi connectivity index (χ4v) is 4.19. The summed E-state index contributed by atoms with van der Waals surface area (Å²) >= 11 is 0. The SMILES string of the molecule is CN(C1=C(c2ccccc2)C=C(C(C)(C)C)CC1)c1ccc(-c2ccccc2)cc1. The third kappa shape index (κ3) is 4.26. The average molecular weight is 394 g/mol. The predicted molar refractivity (Wildman–Crippen MR) is 130 cm³/mol. The average Bonchev–Trinajstić information content (AvgIpc) is 2.79. The highest BCUT2D eigenvalue weighted by atomic mass is 15.1. The van der Waals surface area contributed by atoms with Crippen LogP contribution in [-0.2, 0) is 0 Å². The van der Waals surface area contributed by atoms with Crippen molar-refractivity contribution in [3.63, 3.8) is 0 Å². The number of hydrogen-bond donors (Lipinski definition) is 0. The summed E-state index contributed by atoms with van der Waals surface area (Å²) in [5.74, 6) is 0. The Bertz CT molecular complexity index is 1050. The lowest BCUT2D eigenvalue weighted by molar-refractivity contribution is 0.479. The molecule has 0 radical (unpaired) electrons. The third-order valence-electron chi connectivity index (χ3n) is 6.08. The van der Waals surface area contributed by atoms with Crippen molar-refractivity contribution in [2.24, 2.45) is 5.41 Å². The second-order valence-electron chi connectivity index (χ2n) is 9.12. The zero-order chi connectivity index (χ0) is 21.1. The molecule has 3 aromatic carbocycles. The molecule has 0 fully saturated rings. The van der Waals surface area contributed by atoms with Crippen molar-refractivity contribution in [2.45, 2.75) is 33.6 Å². The third-order valence-corrected chi connectivity index (χ3v) is 6.08. The standard InChI is InChI=1S/C29H31N/c1-29(2,3)25-17-20-28(27(21-25)24-13-9-6-10-14-24)30(4)26-18-15-23(16-19-26)22-11-7-5-8-12-22/h5-16,18-19,21H,17,20H2,1-4H3. The molecule has 0 amide bonds. The van der Waals surface area contributed by atoms with Gasteiger partial charge in [-0.25, -0.2) is 0 Å². The summed E-state index contributed by atoms with van der Waals surface area (Å²) in [6, 6.07) is 30.3. The fraction of sp³-hybridized carbons (Fsp3) is 0.241. The molecule has 0 N–H and O–H groups in total. The van der Waals surface area contributed by atoms with Gasteiger partial charge >= 0.3 is 0 Å². The van der Waals surface area contributed by atoms with Gasteiger partial charge < -0.3 is 4.90 Å². The molecular weight excluding hydrogens is 362 g/mol. The number of hydrogen-bond acceptors (Lipinski definition) is 1. The van der Waals surface area contributed by atoms with E-state index in [1.54, 1.807) is 0 Å². The van der Waals surface area contributed by atoms with Crippen molar-refractivity contribution >= 4 is 11.3 Å². The largest absolute Gasteiger partial charge is 0.348 e. The Morgan fingerprint density at radius 3 is 1.73 bits per heavy atom. The molecule has 0 bridgehead atoms. The van der Waals surface area contributed by atoms with Gasteiger partial charge in [0.2, 0.25) is 0 Å². The van der Waals surface area contributed by atoms with E-state index in [1.807, 2.05) is 0 Å². The first kappa shape index (κ1) is 20.2. The minimum Gasteiger partial charge on any atom is -0.348 e. The van der Waals surface area contributed by atoms with Crippen molar-refractivity contribution in [1.82, 2.24) is 0 Å². The van der Waals surface area contributed by atoms with Crippen LogP contribution in [0.2, 0.25) is 0 Å². The van der Waals surface area contributed by atoms with E-state index < -0.39 is 0 Å². The van der Waals surface area contributed by atoms with Crippen LogP contribution in [0.1, 0.15) is 39.2 Å². The molecule has 1 nitrogen and oxygen atoms in total. The van der Waals surface area contributed by atoms with E-state index in [2.05, 4.69) is 124 Å². The van der Waals surface area contributed by atoms with Gasteiger partial charge in [0.05, 0.1) is 0 Å². The quantitative estimate of drug-likeness (QED) is 0.434. The van der Waals surface area contributed by atoms with Crippen LogP contribution in [0.4, 0.5) is 5.69 Å². The van der Waals surface area contributed by atoms with Crippen LogP contribution in [-0.4, -0.2) is 7.05 Å². The number of benzene rings is 3. The first-order valence-electron chi connectivity index (χ1n) is 10.8. The Kier molecular flexibility index (Phi) is 5.63. The van der Waals surface area contributed by atoms with Crippen LogP contribution in [0.3, 0.4) is 0 Å². The number of allylic oxidation sites excluding steroid dienone is 4. The fourth-order valence-electron chi connectivity index (χ4n) is 4.19. The van der Waals surface area contributed by atoms with Gasteiger partial charge in [-0.3, -0.25) is 0 Å². The summed E-state index contributed by atoms with van der Waals surface area (Å²) in [5, 5.41) is 0. The molecule has 0 spiro atoms. The molecule has 0 saturated carbocycles. The van der Waals surface area contributed by atoms with Crippen LogP contribution in [0.15, 0.2) is 102 Å². The van der Waals surface area contributed by atoms with Crippen molar-refractivity contribution < 1.29 is 0 Å². The molecule has 30 heavy (non-hydrogen) atoms. The number of anilines is 1. The monoisotopic (exact) mass is 393 g/mol. The maximum absolute atomic E-state index is 2.43. The van der Waals surface area contributed by atoms with E-state index in [-0.39, 0.29) is 5.41 Å². The van der Waals surface area contributed by atoms with Gasteiger partial charge in [-0.15, -0.1) is 0 Å². The van der Waals surface area contributed by atoms with Crippen molar-refractivity contribution in [3.8, 4) is 11.1 Å². The lowest BCUT2D eigenvalue weighted by Gasteiger charge is -2.33. The minimum absolute atomic E-state index is 0.196. The smallest absolute Gasteiger partial charge is 0.0406 e. The van der Waals surface area contributed by atoms with E-state index in [4.69, 9.17) is 0 Å². The van der Waals surface area contributed by atoms with Crippen LogP contribution in [0.25, 0.3) is 16.7 Å². The summed E-state index contributed by atoms with van der Waals surface area (Å²) in [5.41, 5.74) is 9.49. The highest BCUT2D eigenvalue weighted by Gasteiger charge is 2.24. The van der Waals surface area contributed by atoms with Crippen molar-refractivity contribution in [1.29, 1.82) is 0 Å². The molecular formula is C29H31N. The molecule has 0 aliphatic heterocycles. The maximum Gasteiger partial charge on any atom is 0.0406 e. The Morgan fingerprint density at radius 2 is 1.17 bits per heavy atom. The Hall–Kier alpha value is -3.06. The molecule has 4 rings (SSSR count). The van der Waals surface area contributed by atoms with E-state index >= 15 is 0 Å². The van der Waals surface area contributed by atoms with Crippen molar-refractivity contribution in [2.75, 3.05) is 11.9 Å². The zero-order valence-electron chi connectivity index (χ0n) is 18.5. The number of rotatable bonds is 4. The normalized spacial score (nSPS) is 14.5. The molecule has 0 atom stereocenters. The Balaban J connectivity index is 1.72. The molecule has 0 heterocycles. The molecule has 152 valence electrons. The lowest BCUT2D eigenvalue weighted by atomic mass is 9.78. The van der Waals surface area contributed by atoms with Crippen LogP contribution >= 0.6 is 0 Å². The van der Waals surface area contributed by atoms with Crippen LogP contribution in [0, 0.1) is 5.41 Å². The Labute approximate surface area is 181 Å². The van der Waals surface area contributed by atoms with Gasteiger partial charge in [-0.1, -0.05) is 105 Å². The molecule has 0 aromatic heterocycles. The first-order chi connectivity index (χ1) is 14.4. The molecule has 0 unspecified atom stereocenters. The van der Waals surface area contributed by atoms with Gasteiger partial charge in [0, 0.05) is 24.0 Å². The summed E-state index contributed by atoms with van der Waals surface area (Å²) in [4.78, 5) is 2.37. The summed E-state index contributed by atoms with van der Waals surface area (Å²) in [7, 11) is 2.20. The zero-order valence-corrected chi connectivity index (χ0v) is 18.5. The first-order valence-corrected chi connectivity index (χ1v) is 10.8. The molecule has 0 saturated heterocycles. The van der Waals surface area contributed by atoms with Gasteiger partial charge in [-0.05, 0) is 47.1 Å². The second-order valence-corrected chi connectivity index (χ2v) is 9.12. The van der Waals surface area contributed by atoms with E-state index in [9.17, 15) is 0 Å². The van der Waals surface area contributed by atoms with Crippen molar-refractivity contribution in [3.05, 3.63) is 108 Å². The topological polar surface area (TPSA) is 3.24 Å². The van der Waals surface area contributed by atoms with Crippen LogP contribution < -0.4 is 4.90 Å². The van der Waals surface area contributed by atoms with E-state index in [0.717, 1.165) is 12.8 Å². The van der Waals surface area contributed by atoms with Gasteiger partial charge in [0.15, 0.2) is 0 Å². The summed E-state index contributed by atoms with van der Waals surface area (Å²) < 4.78 is 0. The molecule has 3 aromatic rings. The van der Waals surface area contributed by atoms with E-state index in [1.165, 1.54) is 39.2 Å². The summed E-state index contributed by atoms with van der Waals surface area (Å²) in [6.45, 7) is 6.95. The van der Waals surface area contributed by atoms with E-state index in [0.29, 0.717) is 0 Å². The minimum atomic E-state index is 0.196. The molecule has 1 aliphatic rings. The number of nitrogens with zero attached hydrogens (tertiary/aromatic N) is 1. The lowest BCUT2D eigenvalue weighted by Crippen LogP contribution is -2.22.